The fourth-order valence-corrected chi connectivity index (χ4v) is 4.22. The van der Waals surface area contributed by atoms with E-state index in [4.69, 9.17) is 16.2 Å². The first kappa shape index (κ1) is 25.2. The van der Waals surface area contributed by atoms with Gasteiger partial charge in [0, 0.05) is 0 Å². The van der Waals surface area contributed by atoms with Crippen molar-refractivity contribution in [1.29, 1.82) is 0 Å². The van der Waals surface area contributed by atoms with Gasteiger partial charge in [-0.3, -0.25) is 4.99 Å². The van der Waals surface area contributed by atoms with Gasteiger partial charge >= 0.3 is 11.9 Å². The zero-order chi connectivity index (χ0) is 21.5. The number of aliphatic imine (C=N–C) groups is 1. The van der Waals surface area contributed by atoms with Crippen molar-refractivity contribution in [3.05, 3.63) is 0 Å². The minimum absolute atomic E-state index is 0.150. The monoisotopic (exact) mass is 411 g/mol. The van der Waals surface area contributed by atoms with Crippen molar-refractivity contribution < 1.29 is 32.2 Å². The number of nitrogens with two attached hydrogens (primary N) is 2. The van der Waals surface area contributed by atoms with E-state index in [9.17, 15) is 27.5 Å². The van der Waals surface area contributed by atoms with Crippen molar-refractivity contribution in [2.75, 3.05) is 19.0 Å². The summed E-state index contributed by atoms with van der Waals surface area (Å²) in [6, 6.07) is 0. The molecule has 0 spiro atoms. The van der Waals surface area contributed by atoms with Gasteiger partial charge < -0.3 is 21.3 Å². The summed E-state index contributed by atoms with van der Waals surface area (Å²) in [7, 11) is -4.19. The summed E-state index contributed by atoms with van der Waals surface area (Å²) in [6.45, 7) is 4.91. The Labute approximate surface area is 159 Å². The maximum absolute atomic E-state index is 12.8. The molecule has 0 aliphatic rings. The van der Waals surface area contributed by atoms with E-state index in [1.54, 1.807) is 6.92 Å². The molecule has 0 rings (SSSR count). The summed E-state index contributed by atoms with van der Waals surface area (Å²) in [4.78, 5) is 27.9. The minimum Gasteiger partial charge on any atom is -0.479 e. The molecule has 0 saturated carbocycles. The highest BCUT2D eigenvalue weighted by Gasteiger charge is 2.56. The van der Waals surface area contributed by atoms with Crippen LogP contribution < -0.4 is 11.5 Å². The maximum Gasteiger partial charge on any atom is 0.339 e. The van der Waals surface area contributed by atoms with Gasteiger partial charge in [0.25, 0.3) is 0 Å². The Morgan fingerprint density at radius 3 is 2.26 bits per heavy atom. The molecule has 0 aliphatic heterocycles. The van der Waals surface area contributed by atoms with E-state index in [0.29, 0.717) is 12.8 Å². The van der Waals surface area contributed by atoms with Gasteiger partial charge in [0.1, 0.15) is 23.4 Å². The lowest BCUT2D eigenvalue weighted by Crippen LogP contribution is -2.66. The number of hydrogen-bond donors (Lipinski definition) is 3. The van der Waals surface area contributed by atoms with E-state index in [1.807, 2.05) is 0 Å². The number of aliphatic carboxylic acids is 1. The topological polar surface area (TPSA) is 162 Å². The number of ether oxygens (including phenoxy) is 1. The Morgan fingerprint density at radius 1 is 1.30 bits per heavy atom. The number of hydrogen-bond acceptors (Lipinski definition) is 7. The number of esters is 1. The molecule has 9 nitrogen and oxygen atoms in total. The minimum atomic E-state index is -4.19. The molecule has 0 aliphatic carbocycles. The number of carbonyl (C=O) groups excluding carboxylic acids is 1. The molecule has 11 heteroatoms. The third kappa shape index (κ3) is 7.41. The van der Waals surface area contributed by atoms with Gasteiger partial charge in [0.2, 0.25) is 5.54 Å². The average molecular weight is 411 g/mol. The molecule has 0 saturated heterocycles. The van der Waals surface area contributed by atoms with Gasteiger partial charge in [-0.05, 0) is 27.2 Å². The Bertz CT molecular complexity index is 660. The largest absolute Gasteiger partial charge is 0.479 e. The van der Waals surface area contributed by atoms with Crippen LogP contribution in [0.4, 0.5) is 4.39 Å². The first-order valence-corrected chi connectivity index (χ1v) is 10.3. The lowest BCUT2D eigenvalue weighted by Gasteiger charge is -2.33. The summed E-state index contributed by atoms with van der Waals surface area (Å²) in [5, 5.41) is 7.87. The van der Waals surface area contributed by atoms with Crippen LogP contribution in [0.25, 0.3) is 0 Å². The van der Waals surface area contributed by atoms with Gasteiger partial charge in [-0.1, -0.05) is 19.8 Å². The predicted octanol–water partition coefficient (Wildman–Crippen LogP) is 0.411. The van der Waals surface area contributed by atoms with E-state index in [-0.39, 0.29) is 18.8 Å². The lowest BCUT2D eigenvalue weighted by molar-refractivity contribution is -0.169. The molecular formula is C16H30FN3O6S. The fraction of sp³-hybridized carbons (Fsp3) is 0.812. The number of amidine groups is 1. The number of carbonyl (C=O) groups is 2. The third-order valence-corrected chi connectivity index (χ3v) is 5.91. The number of carboxylic acid groups (broad SMARTS) is 1. The smallest absolute Gasteiger partial charge is 0.339 e. The third-order valence-electron chi connectivity index (χ3n) is 3.68. The Balaban J connectivity index is 5.95. The molecule has 0 radical (unpaired) electrons. The summed E-state index contributed by atoms with van der Waals surface area (Å²) < 4.78 is 42.9. The predicted molar refractivity (Wildman–Crippen MR) is 100.0 cm³/mol. The molecule has 0 fully saturated rings. The summed E-state index contributed by atoms with van der Waals surface area (Å²) in [5.41, 5.74) is 7.20. The summed E-state index contributed by atoms with van der Waals surface area (Å²) >= 11 is 0. The molecule has 27 heavy (non-hydrogen) atoms. The average Bonchev–Trinajstić information content (AvgIpc) is 2.52. The van der Waals surface area contributed by atoms with Crippen molar-refractivity contribution >= 4 is 27.6 Å². The number of alkyl halides is 1. The highest BCUT2D eigenvalue weighted by molar-refractivity contribution is 7.92. The van der Waals surface area contributed by atoms with E-state index < -0.39 is 50.6 Å². The molecule has 0 amide bonds. The molecular weight excluding hydrogens is 381 g/mol. The zero-order valence-corrected chi connectivity index (χ0v) is 17.0. The van der Waals surface area contributed by atoms with Crippen LogP contribution in [0, 0.1) is 0 Å². The fourth-order valence-electron chi connectivity index (χ4n) is 2.30. The zero-order valence-electron chi connectivity index (χ0n) is 16.2. The molecule has 0 aromatic carbocycles. The van der Waals surface area contributed by atoms with Crippen LogP contribution >= 0.6 is 0 Å². The second kappa shape index (κ2) is 9.98. The highest BCUT2D eigenvalue weighted by Crippen LogP contribution is 2.26. The number of carboxylic acids is 1. The number of rotatable bonds is 11. The molecule has 0 aromatic rings. The highest BCUT2D eigenvalue weighted by atomic mass is 32.2. The van der Waals surface area contributed by atoms with E-state index >= 15 is 0 Å². The molecule has 2 atom stereocenters. The Hall–Kier alpha value is -1.75. The molecule has 0 bridgehead atoms. The standard InChI is InChI=1S/C16H30FN3O6S/c1-5-6-7-11(27(24,25)9-8-20-12(18)10-17)16(19,13(21)22)14(23)26-15(2,3)4/h11H,5-10,19H2,1-4H3,(H2,18,20)(H,21,22). The van der Waals surface area contributed by atoms with Crippen LogP contribution in [0.2, 0.25) is 0 Å². The normalized spacial score (nSPS) is 16.4. The molecule has 0 heterocycles. The van der Waals surface area contributed by atoms with E-state index in [1.165, 1.54) is 20.8 Å². The van der Waals surface area contributed by atoms with Gasteiger partial charge in [0.05, 0.1) is 12.3 Å². The van der Waals surface area contributed by atoms with Gasteiger partial charge in [-0.25, -0.2) is 22.4 Å². The van der Waals surface area contributed by atoms with Gasteiger partial charge in [-0.15, -0.1) is 0 Å². The summed E-state index contributed by atoms with van der Waals surface area (Å²) in [6.07, 6.45) is 0.737. The van der Waals surface area contributed by atoms with Crippen LogP contribution in [-0.2, 0) is 24.2 Å². The molecule has 2 unspecified atom stereocenters. The lowest BCUT2D eigenvalue weighted by atomic mass is 9.92. The van der Waals surface area contributed by atoms with Gasteiger partial charge in [0.15, 0.2) is 9.84 Å². The quantitative estimate of drug-likeness (QED) is 0.190. The van der Waals surface area contributed by atoms with E-state index in [0.717, 1.165) is 0 Å². The number of halogens is 1. The SMILES string of the molecule is CCCCC(C(N)(C(=O)O)C(=O)OC(C)(C)C)S(=O)(=O)CCN=C(N)CF. The first-order valence-electron chi connectivity index (χ1n) is 8.54. The number of unbranched alkanes of at least 4 members (excludes halogenated alkanes) is 1. The van der Waals surface area contributed by atoms with Crippen LogP contribution in [0.1, 0.15) is 47.0 Å². The van der Waals surface area contributed by atoms with Crippen molar-refractivity contribution in [2.24, 2.45) is 16.5 Å². The van der Waals surface area contributed by atoms with Crippen molar-refractivity contribution in [1.82, 2.24) is 0 Å². The Kier molecular flexibility index (Phi) is 9.33. The van der Waals surface area contributed by atoms with Crippen LogP contribution in [0.5, 0.6) is 0 Å². The van der Waals surface area contributed by atoms with Crippen molar-refractivity contribution in [2.45, 2.75) is 63.3 Å². The van der Waals surface area contributed by atoms with Crippen LogP contribution in [-0.4, -0.2) is 66.7 Å². The van der Waals surface area contributed by atoms with Crippen LogP contribution in [0.15, 0.2) is 4.99 Å². The molecule has 5 N–H and O–H groups in total. The first-order chi connectivity index (χ1) is 12.2. The van der Waals surface area contributed by atoms with Crippen molar-refractivity contribution in [3.63, 3.8) is 0 Å². The second-order valence-electron chi connectivity index (χ2n) is 7.18. The second-order valence-corrected chi connectivity index (χ2v) is 9.48. The van der Waals surface area contributed by atoms with Gasteiger partial charge in [-0.2, -0.15) is 0 Å². The maximum atomic E-state index is 12.8. The Morgan fingerprint density at radius 2 is 1.85 bits per heavy atom. The molecule has 0 aromatic heterocycles. The number of nitrogens with zero attached hydrogens (tertiary/aromatic N) is 1. The van der Waals surface area contributed by atoms with E-state index in [2.05, 4.69) is 4.99 Å². The van der Waals surface area contributed by atoms with Crippen molar-refractivity contribution in [3.8, 4) is 0 Å². The van der Waals surface area contributed by atoms with Crippen LogP contribution in [0.3, 0.4) is 0 Å². The summed E-state index contributed by atoms with van der Waals surface area (Å²) in [5.74, 6) is -4.14. The number of sulfone groups is 1. The molecule has 158 valence electrons.